The van der Waals surface area contributed by atoms with Gasteiger partial charge in [0, 0.05) is 5.02 Å². The fraction of sp³-hybridized carbons (Fsp3) is 0.400. The van der Waals surface area contributed by atoms with Crippen LogP contribution in [0.3, 0.4) is 0 Å². The number of nitrogens with two attached hydrogens (primary N) is 1. The number of halogens is 2. The molecular formula is C15H19Cl2N3O4S. The summed E-state index contributed by atoms with van der Waals surface area (Å²) >= 11 is 13.3. The summed E-state index contributed by atoms with van der Waals surface area (Å²) in [6.45, 7) is 1.41. The molecule has 0 heterocycles. The predicted molar refractivity (Wildman–Crippen MR) is 100 cm³/mol. The van der Waals surface area contributed by atoms with E-state index in [9.17, 15) is 14.4 Å². The molecule has 0 aliphatic carbocycles. The van der Waals surface area contributed by atoms with Gasteiger partial charge in [-0.2, -0.15) is 11.8 Å². The largest absolute Gasteiger partial charge is 0.451 e. The highest BCUT2D eigenvalue weighted by Gasteiger charge is 2.26. The van der Waals surface area contributed by atoms with Crippen molar-refractivity contribution in [1.82, 2.24) is 5.32 Å². The van der Waals surface area contributed by atoms with Gasteiger partial charge >= 0.3 is 12.0 Å². The van der Waals surface area contributed by atoms with Gasteiger partial charge in [-0.15, -0.1) is 0 Å². The van der Waals surface area contributed by atoms with Gasteiger partial charge in [0.1, 0.15) is 6.04 Å². The van der Waals surface area contributed by atoms with Gasteiger partial charge in [0.25, 0.3) is 5.91 Å². The number of anilines is 1. The second-order valence-electron chi connectivity index (χ2n) is 5.04. The van der Waals surface area contributed by atoms with Gasteiger partial charge in [-0.1, -0.05) is 23.2 Å². The normalized spacial score (nSPS) is 12.8. The molecule has 0 fully saturated rings. The molecule has 1 rings (SSSR count). The molecule has 25 heavy (non-hydrogen) atoms. The average molecular weight is 408 g/mol. The van der Waals surface area contributed by atoms with E-state index in [2.05, 4.69) is 10.6 Å². The highest BCUT2D eigenvalue weighted by molar-refractivity contribution is 7.98. The molecular weight excluding hydrogens is 389 g/mol. The van der Waals surface area contributed by atoms with Crippen molar-refractivity contribution in [2.75, 3.05) is 17.3 Å². The highest BCUT2D eigenvalue weighted by Crippen LogP contribution is 2.25. The number of hydrogen-bond acceptors (Lipinski definition) is 5. The van der Waals surface area contributed by atoms with Gasteiger partial charge < -0.3 is 21.1 Å². The number of amides is 3. The van der Waals surface area contributed by atoms with Crippen LogP contribution in [0.15, 0.2) is 18.2 Å². The fourth-order valence-electron chi connectivity index (χ4n) is 1.79. The molecule has 1 aromatic rings. The van der Waals surface area contributed by atoms with Crippen molar-refractivity contribution < 1.29 is 19.1 Å². The first-order valence-electron chi connectivity index (χ1n) is 7.26. The van der Waals surface area contributed by atoms with Crippen molar-refractivity contribution in [3.63, 3.8) is 0 Å². The molecule has 0 aliphatic rings. The third-order valence-electron chi connectivity index (χ3n) is 3.06. The van der Waals surface area contributed by atoms with Crippen LogP contribution in [0.5, 0.6) is 0 Å². The fourth-order valence-corrected chi connectivity index (χ4v) is 2.72. The number of urea groups is 1. The highest BCUT2D eigenvalue weighted by atomic mass is 35.5. The molecule has 0 radical (unpaired) electrons. The molecule has 0 saturated heterocycles. The molecule has 0 spiro atoms. The number of esters is 1. The van der Waals surface area contributed by atoms with Gasteiger partial charge in [0.2, 0.25) is 0 Å². The van der Waals surface area contributed by atoms with Crippen molar-refractivity contribution in [2.45, 2.75) is 25.5 Å². The second-order valence-corrected chi connectivity index (χ2v) is 6.86. The Hall–Kier alpha value is -1.64. The van der Waals surface area contributed by atoms with Crippen molar-refractivity contribution >= 4 is 58.6 Å². The lowest BCUT2D eigenvalue weighted by Crippen LogP contribution is -2.46. The number of thioether (sulfide) groups is 1. The summed E-state index contributed by atoms with van der Waals surface area (Å²) in [7, 11) is 0. The number of hydrogen-bond donors (Lipinski definition) is 3. The van der Waals surface area contributed by atoms with Crippen LogP contribution in [0.1, 0.15) is 13.3 Å². The lowest BCUT2D eigenvalue weighted by molar-refractivity contribution is -0.155. The minimum absolute atomic E-state index is 0.257. The molecule has 0 saturated carbocycles. The van der Waals surface area contributed by atoms with Crippen molar-refractivity contribution in [1.29, 1.82) is 0 Å². The lowest BCUT2D eigenvalue weighted by Gasteiger charge is -2.19. The summed E-state index contributed by atoms with van der Waals surface area (Å²) in [4.78, 5) is 35.3. The van der Waals surface area contributed by atoms with Gasteiger partial charge in [0.15, 0.2) is 6.10 Å². The van der Waals surface area contributed by atoms with Gasteiger partial charge in [-0.25, -0.2) is 9.59 Å². The molecule has 3 amide bonds. The Labute approximate surface area is 159 Å². The number of carbonyl (C=O) groups excluding carboxylic acids is 3. The maximum Gasteiger partial charge on any atom is 0.329 e. The van der Waals surface area contributed by atoms with E-state index < -0.39 is 30.1 Å². The van der Waals surface area contributed by atoms with Crippen molar-refractivity contribution in [3.8, 4) is 0 Å². The van der Waals surface area contributed by atoms with Crippen LogP contribution in [0.4, 0.5) is 10.5 Å². The van der Waals surface area contributed by atoms with Crippen LogP contribution in [-0.4, -0.2) is 42.1 Å². The monoisotopic (exact) mass is 407 g/mol. The maximum atomic E-state index is 12.1. The van der Waals surface area contributed by atoms with Crippen LogP contribution in [-0.2, 0) is 14.3 Å². The third kappa shape index (κ3) is 7.41. The van der Waals surface area contributed by atoms with Gasteiger partial charge in [-0.3, -0.25) is 4.79 Å². The summed E-state index contributed by atoms with van der Waals surface area (Å²) in [5.74, 6) is -0.695. The molecule has 138 valence electrons. The number of primary amides is 1. The van der Waals surface area contributed by atoms with Gasteiger partial charge in [-0.05, 0) is 43.6 Å². The number of benzene rings is 1. The summed E-state index contributed by atoms with van der Waals surface area (Å²) in [5.41, 5.74) is 5.40. The molecule has 10 heteroatoms. The van der Waals surface area contributed by atoms with Crippen LogP contribution in [0.2, 0.25) is 10.0 Å². The zero-order valence-electron chi connectivity index (χ0n) is 13.7. The molecule has 7 nitrogen and oxygen atoms in total. The Morgan fingerprint density at radius 2 is 2.00 bits per heavy atom. The number of ether oxygens (including phenoxy) is 1. The molecule has 0 unspecified atom stereocenters. The number of carbonyl (C=O) groups is 3. The predicted octanol–water partition coefficient (Wildman–Crippen LogP) is 2.65. The maximum absolute atomic E-state index is 12.1. The molecule has 1 aromatic carbocycles. The topological polar surface area (TPSA) is 111 Å². The zero-order chi connectivity index (χ0) is 19.0. The van der Waals surface area contributed by atoms with E-state index in [4.69, 9.17) is 33.7 Å². The Balaban J connectivity index is 2.67. The minimum atomic E-state index is -1.09. The van der Waals surface area contributed by atoms with Crippen LogP contribution in [0, 0.1) is 0 Å². The van der Waals surface area contributed by atoms with Crippen LogP contribution >= 0.6 is 35.0 Å². The third-order valence-corrected chi connectivity index (χ3v) is 4.25. The second kappa shape index (κ2) is 10.4. The van der Waals surface area contributed by atoms with Crippen molar-refractivity contribution in [2.24, 2.45) is 5.73 Å². The summed E-state index contributed by atoms with van der Waals surface area (Å²) in [6.07, 6.45) is 1.10. The Bertz CT molecular complexity index is 645. The lowest BCUT2D eigenvalue weighted by atomic mass is 10.2. The molecule has 4 N–H and O–H groups in total. The summed E-state index contributed by atoms with van der Waals surface area (Å²) < 4.78 is 5.11. The standard InChI is InChI=1S/C15H19Cl2N3O4S/c1-8(13(21)19-11-4-3-9(16)7-10(11)17)24-14(22)12(5-6-25-2)20-15(18)23/h3-4,7-8,12H,5-6H2,1-2H3,(H,19,21)(H3,18,20,23)/t8-,12-/m1/s1. The molecule has 0 aliphatic heterocycles. The van der Waals surface area contributed by atoms with Gasteiger partial charge in [0.05, 0.1) is 10.7 Å². The first kappa shape index (κ1) is 21.4. The van der Waals surface area contributed by atoms with Crippen LogP contribution in [0.25, 0.3) is 0 Å². The average Bonchev–Trinajstić information content (AvgIpc) is 2.53. The molecule has 0 bridgehead atoms. The van der Waals surface area contributed by atoms with Crippen LogP contribution < -0.4 is 16.4 Å². The first-order chi connectivity index (χ1) is 11.7. The van der Waals surface area contributed by atoms with E-state index >= 15 is 0 Å². The van der Waals surface area contributed by atoms with E-state index in [1.54, 1.807) is 6.07 Å². The minimum Gasteiger partial charge on any atom is -0.451 e. The number of rotatable bonds is 8. The zero-order valence-corrected chi connectivity index (χ0v) is 16.0. The van der Waals surface area contributed by atoms with E-state index in [1.165, 1.54) is 30.8 Å². The van der Waals surface area contributed by atoms with E-state index in [-0.39, 0.29) is 5.02 Å². The SMILES string of the molecule is CSCC[C@@H](NC(N)=O)C(=O)O[C@H](C)C(=O)Nc1ccc(Cl)cc1Cl. The smallest absolute Gasteiger partial charge is 0.329 e. The summed E-state index contributed by atoms with van der Waals surface area (Å²) in [5, 5.41) is 5.53. The van der Waals surface area contributed by atoms with Crippen molar-refractivity contribution in [3.05, 3.63) is 28.2 Å². The Morgan fingerprint density at radius 3 is 2.56 bits per heavy atom. The first-order valence-corrected chi connectivity index (χ1v) is 9.41. The van der Waals surface area contributed by atoms with E-state index in [1.807, 2.05) is 6.26 Å². The number of nitrogens with one attached hydrogen (secondary N) is 2. The Morgan fingerprint density at radius 1 is 1.32 bits per heavy atom. The van der Waals surface area contributed by atoms with E-state index in [0.717, 1.165) is 0 Å². The Kier molecular flexibility index (Phi) is 8.88. The molecule has 0 aromatic heterocycles. The quantitative estimate of drug-likeness (QED) is 0.573. The van der Waals surface area contributed by atoms with E-state index in [0.29, 0.717) is 22.9 Å². The summed E-state index contributed by atoms with van der Waals surface area (Å²) in [6, 6.07) is 2.82. The molecule has 2 atom stereocenters.